The van der Waals surface area contributed by atoms with Crippen molar-refractivity contribution >= 4 is 23.2 Å². The maximum Gasteiger partial charge on any atom is 0.270 e. The van der Waals surface area contributed by atoms with Crippen LogP contribution in [0.25, 0.3) is 10.6 Å². The molecule has 6 nitrogen and oxygen atoms in total. The van der Waals surface area contributed by atoms with E-state index in [4.69, 9.17) is 4.74 Å². The minimum absolute atomic E-state index is 0.202. The van der Waals surface area contributed by atoms with E-state index >= 15 is 0 Å². The van der Waals surface area contributed by atoms with E-state index < -0.39 is 0 Å². The zero-order valence-electron chi connectivity index (χ0n) is 15.7. The van der Waals surface area contributed by atoms with Crippen LogP contribution in [0.2, 0.25) is 0 Å². The molecule has 0 spiro atoms. The zero-order chi connectivity index (χ0) is 19.9. The molecule has 0 atom stereocenters. The summed E-state index contributed by atoms with van der Waals surface area (Å²) in [6.45, 7) is 2.67. The number of carbonyl (C=O) groups is 2. The van der Waals surface area contributed by atoms with Crippen molar-refractivity contribution in [1.29, 1.82) is 0 Å². The highest BCUT2D eigenvalue weighted by Gasteiger charge is 2.12. The van der Waals surface area contributed by atoms with E-state index in [0.29, 0.717) is 30.1 Å². The Morgan fingerprint density at radius 2 is 1.61 bits per heavy atom. The Balaban J connectivity index is 1.46. The summed E-state index contributed by atoms with van der Waals surface area (Å²) in [4.78, 5) is 28.7. The highest BCUT2D eigenvalue weighted by atomic mass is 32.1. The molecule has 0 bridgehead atoms. The van der Waals surface area contributed by atoms with Gasteiger partial charge in [0.15, 0.2) is 0 Å². The fraction of sp³-hybridized carbons (Fsp3) is 0.190. The van der Waals surface area contributed by atoms with Crippen LogP contribution in [-0.2, 0) is 0 Å². The number of thiazole rings is 1. The second-order valence-corrected chi connectivity index (χ2v) is 7.00. The van der Waals surface area contributed by atoms with Gasteiger partial charge in [-0.3, -0.25) is 9.59 Å². The Morgan fingerprint density at radius 1 is 0.964 bits per heavy atom. The topological polar surface area (TPSA) is 80.3 Å². The third-order valence-electron chi connectivity index (χ3n) is 4.08. The van der Waals surface area contributed by atoms with Crippen molar-refractivity contribution < 1.29 is 14.3 Å². The smallest absolute Gasteiger partial charge is 0.270 e. The first-order valence-electron chi connectivity index (χ1n) is 8.80. The Morgan fingerprint density at radius 3 is 2.25 bits per heavy atom. The van der Waals surface area contributed by atoms with E-state index in [2.05, 4.69) is 15.6 Å². The molecule has 0 unspecified atom stereocenters. The van der Waals surface area contributed by atoms with E-state index in [1.807, 2.05) is 31.2 Å². The molecule has 2 aromatic carbocycles. The molecule has 144 valence electrons. The first-order valence-corrected chi connectivity index (χ1v) is 9.68. The molecule has 28 heavy (non-hydrogen) atoms. The van der Waals surface area contributed by atoms with Crippen molar-refractivity contribution in [2.45, 2.75) is 6.92 Å². The Labute approximate surface area is 167 Å². The van der Waals surface area contributed by atoms with Crippen molar-refractivity contribution in [3.63, 3.8) is 0 Å². The quantitative estimate of drug-likeness (QED) is 0.602. The van der Waals surface area contributed by atoms with Crippen LogP contribution in [0.1, 0.15) is 26.4 Å². The molecule has 0 aliphatic rings. The number of aromatic nitrogens is 1. The van der Waals surface area contributed by atoms with Crippen LogP contribution < -0.4 is 15.4 Å². The number of carbonyl (C=O) groups excluding carboxylic acids is 2. The number of amides is 2. The summed E-state index contributed by atoms with van der Waals surface area (Å²) in [6, 6.07) is 14.8. The van der Waals surface area contributed by atoms with Gasteiger partial charge >= 0.3 is 0 Å². The molecule has 3 aromatic rings. The minimum Gasteiger partial charge on any atom is -0.497 e. The SMILES string of the molecule is COc1ccc(C(=O)NCCNC(=O)c2csc(-c3ccc(C)cc3)n2)cc1. The van der Waals surface area contributed by atoms with Crippen molar-refractivity contribution in [2.75, 3.05) is 20.2 Å². The summed E-state index contributed by atoms with van der Waals surface area (Å²) in [6.07, 6.45) is 0. The van der Waals surface area contributed by atoms with Crippen LogP contribution in [0, 0.1) is 6.92 Å². The number of rotatable bonds is 7. The van der Waals surface area contributed by atoms with E-state index in [-0.39, 0.29) is 11.8 Å². The summed E-state index contributed by atoms with van der Waals surface area (Å²) in [5, 5.41) is 8.08. The molecule has 1 heterocycles. The average molecular weight is 395 g/mol. The largest absolute Gasteiger partial charge is 0.497 e. The van der Waals surface area contributed by atoms with Crippen LogP contribution in [0.3, 0.4) is 0 Å². The van der Waals surface area contributed by atoms with E-state index in [0.717, 1.165) is 10.6 Å². The molecule has 0 fully saturated rings. The molecular formula is C21H21N3O3S. The highest BCUT2D eigenvalue weighted by molar-refractivity contribution is 7.13. The van der Waals surface area contributed by atoms with E-state index in [1.54, 1.807) is 36.8 Å². The number of methoxy groups -OCH3 is 1. The van der Waals surface area contributed by atoms with Crippen molar-refractivity contribution in [1.82, 2.24) is 15.6 Å². The van der Waals surface area contributed by atoms with Gasteiger partial charge in [0, 0.05) is 29.6 Å². The number of nitrogens with one attached hydrogen (secondary N) is 2. The Bertz CT molecular complexity index is 950. The number of hydrogen-bond donors (Lipinski definition) is 2. The van der Waals surface area contributed by atoms with Gasteiger partial charge in [-0.15, -0.1) is 11.3 Å². The fourth-order valence-corrected chi connectivity index (χ4v) is 3.30. The van der Waals surface area contributed by atoms with Crippen LogP contribution in [0.5, 0.6) is 5.75 Å². The van der Waals surface area contributed by atoms with Crippen molar-refractivity contribution in [3.8, 4) is 16.3 Å². The van der Waals surface area contributed by atoms with Crippen LogP contribution in [0.15, 0.2) is 53.9 Å². The summed E-state index contributed by atoms with van der Waals surface area (Å²) < 4.78 is 5.07. The number of ether oxygens (including phenoxy) is 1. The maximum absolute atomic E-state index is 12.2. The van der Waals surface area contributed by atoms with Crippen LogP contribution in [-0.4, -0.2) is 37.0 Å². The van der Waals surface area contributed by atoms with Crippen molar-refractivity contribution in [2.24, 2.45) is 0 Å². The normalized spacial score (nSPS) is 10.4. The summed E-state index contributed by atoms with van der Waals surface area (Å²) in [5.74, 6) is 0.234. The number of nitrogens with zero attached hydrogens (tertiary/aromatic N) is 1. The number of aryl methyl sites for hydroxylation is 1. The Kier molecular flexibility index (Phi) is 6.39. The molecule has 7 heteroatoms. The van der Waals surface area contributed by atoms with Gasteiger partial charge in [-0.05, 0) is 31.2 Å². The second kappa shape index (κ2) is 9.14. The summed E-state index contributed by atoms with van der Waals surface area (Å²) in [5.41, 5.74) is 3.08. The zero-order valence-corrected chi connectivity index (χ0v) is 16.5. The first kappa shape index (κ1) is 19.6. The molecule has 1 aromatic heterocycles. The molecule has 3 rings (SSSR count). The highest BCUT2D eigenvalue weighted by Crippen LogP contribution is 2.23. The molecule has 0 saturated heterocycles. The molecule has 2 N–H and O–H groups in total. The van der Waals surface area contributed by atoms with Gasteiger partial charge in [-0.1, -0.05) is 29.8 Å². The third-order valence-corrected chi connectivity index (χ3v) is 4.98. The lowest BCUT2D eigenvalue weighted by atomic mass is 10.2. The summed E-state index contributed by atoms with van der Waals surface area (Å²) >= 11 is 1.43. The molecule has 2 amide bonds. The number of benzene rings is 2. The van der Waals surface area contributed by atoms with Crippen LogP contribution in [0.4, 0.5) is 0 Å². The van der Waals surface area contributed by atoms with Crippen molar-refractivity contribution in [3.05, 3.63) is 70.7 Å². The predicted octanol–water partition coefficient (Wildman–Crippen LogP) is 3.29. The molecule has 0 radical (unpaired) electrons. The van der Waals surface area contributed by atoms with E-state index in [1.165, 1.54) is 16.9 Å². The lowest BCUT2D eigenvalue weighted by molar-refractivity contribution is 0.0925. The predicted molar refractivity (Wildman–Crippen MR) is 110 cm³/mol. The second-order valence-electron chi connectivity index (χ2n) is 6.14. The van der Waals surface area contributed by atoms with Gasteiger partial charge in [0.2, 0.25) is 0 Å². The standard InChI is InChI=1S/C21H21N3O3S/c1-14-3-5-16(6-4-14)21-24-18(13-28-21)20(26)23-12-11-22-19(25)15-7-9-17(27-2)10-8-15/h3-10,13H,11-12H2,1-2H3,(H,22,25)(H,23,26). The fourth-order valence-electron chi connectivity index (χ4n) is 2.49. The van der Waals surface area contributed by atoms with Gasteiger partial charge in [-0.2, -0.15) is 0 Å². The van der Waals surface area contributed by atoms with E-state index in [9.17, 15) is 9.59 Å². The van der Waals surface area contributed by atoms with Crippen LogP contribution >= 0.6 is 11.3 Å². The lowest BCUT2D eigenvalue weighted by Gasteiger charge is -2.07. The number of hydrogen-bond acceptors (Lipinski definition) is 5. The minimum atomic E-state index is -0.256. The average Bonchev–Trinajstić information content (AvgIpc) is 3.22. The lowest BCUT2D eigenvalue weighted by Crippen LogP contribution is -2.34. The van der Waals surface area contributed by atoms with Gasteiger partial charge < -0.3 is 15.4 Å². The van der Waals surface area contributed by atoms with Gasteiger partial charge in [0.25, 0.3) is 11.8 Å². The molecule has 0 saturated carbocycles. The molecule has 0 aliphatic heterocycles. The summed E-state index contributed by atoms with van der Waals surface area (Å²) in [7, 11) is 1.57. The van der Waals surface area contributed by atoms with Gasteiger partial charge in [-0.25, -0.2) is 4.98 Å². The molecular weight excluding hydrogens is 374 g/mol. The Hall–Kier alpha value is -3.19. The van der Waals surface area contributed by atoms with Gasteiger partial charge in [0.05, 0.1) is 7.11 Å². The monoisotopic (exact) mass is 395 g/mol. The third kappa shape index (κ3) is 4.95. The maximum atomic E-state index is 12.2. The van der Waals surface area contributed by atoms with Gasteiger partial charge in [0.1, 0.15) is 16.5 Å². The first-order chi connectivity index (χ1) is 13.6. The molecule has 0 aliphatic carbocycles.